The molecule has 4 heteroatoms. The predicted molar refractivity (Wildman–Crippen MR) is 61.5 cm³/mol. The lowest BCUT2D eigenvalue weighted by molar-refractivity contribution is 0.848. The zero-order valence-corrected chi connectivity index (χ0v) is 9.30. The maximum atomic E-state index is 11.6. The van der Waals surface area contributed by atoms with E-state index in [1.54, 1.807) is 6.07 Å². The van der Waals surface area contributed by atoms with E-state index in [1.165, 1.54) is 6.20 Å². The van der Waals surface area contributed by atoms with E-state index < -0.39 is 0 Å². The average Bonchev–Trinajstić information content (AvgIpc) is 2.17. The molecule has 0 unspecified atom stereocenters. The number of nitrogens with zero attached hydrogens (tertiary/aromatic N) is 1. The Morgan fingerprint density at radius 3 is 2.80 bits per heavy atom. The SMILES string of the molecule is CC(C)c1cc2cc(Cl)cnc2[nH]c1=O. The van der Waals surface area contributed by atoms with Gasteiger partial charge in [0.1, 0.15) is 5.65 Å². The zero-order chi connectivity index (χ0) is 11.0. The molecule has 2 aromatic heterocycles. The van der Waals surface area contributed by atoms with E-state index in [-0.39, 0.29) is 11.5 Å². The van der Waals surface area contributed by atoms with Crippen molar-refractivity contribution in [1.29, 1.82) is 0 Å². The third-order valence-corrected chi connectivity index (χ3v) is 2.52. The maximum Gasteiger partial charge on any atom is 0.253 e. The maximum absolute atomic E-state index is 11.6. The molecule has 0 bridgehead atoms. The third kappa shape index (κ3) is 1.88. The predicted octanol–water partition coefficient (Wildman–Crippen LogP) is 2.70. The summed E-state index contributed by atoms with van der Waals surface area (Å²) in [5.41, 5.74) is 1.26. The van der Waals surface area contributed by atoms with Crippen molar-refractivity contribution < 1.29 is 0 Å². The monoisotopic (exact) mass is 222 g/mol. The van der Waals surface area contributed by atoms with Crippen LogP contribution in [0.4, 0.5) is 0 Å². The number of hydrogen-bond donors (Lipinski definition) is 1. The van der Waals surface area contributed by atoms with Crippen LogP contribution in [0.1, 0.15) is 25.3 Å². The largest absolute Gasteiger partial charge is 0.306 e. The first kappa shape index (κ1) is 10.2. The van der Waals surface area contributed by atoms with Crippen molar-refractivity contribution in [1.82, 2.24) is 9.97 Å². The summed E-state index contributed by atoms with van der Waals surface area (Å²) in [7, 11) is 0. The lowest BCUT2D eigenvalue weighted by Crippen LogP contribution is -2.13. The van der Waals surface area contributed by atoms with Gasteiger partial charge in [0, 0.05) is 17.1 Å². The van der Waals surface area contributed by atoms with Crippen LogP contribution < -0.4 is 5.56 Å². The van der Waals surface area contributed by atoms with Crippen molar-refractivity contribution in [2.45, 2.75) is 19.8 Å². The quantitative estimate of drug-likeness (QED) is 0.807. The molecule has 0 aromatic carbocycles. The summed E-state index contributed by atoms with van der Waals surface area (Å²) in [6.07, 6.45) is 1.52. The molecule has 3 nitrogen and oxygen atoms in total. The van der Waals surface area contributed by atoms with Crippen LogP contribution in [0.2, 0.25) is 5.02 Å². The first-order valence-corrected chi connectivity index (χ1v) is 5.14. The van der Waals surface area contributed by atoms with Gasteiger partial charge in [-0.2, -0.15) is 0 Å². The Labute approximate surface area is 92.1 Å². The van der Waals surface area contributed by atoms with Crippen LogP contribution in [0, 0.1) is 0 Å². The summed E-state index contributed by atoms with van der Waals surface area (Å²) in [4.78, 5) is 18.4. The third-order valence-electron chi connectivity index (χ3n) is 2.31. The van der Waals surface area contributed by atoms with Crippen LogP contribution >= 0.6 is 11.6 Å². The molecule has 0 radical (unpaired) electrons. The smallest absolute Gasteiger partial charge is 0.253 e. The fourth-order valence-electron chi connectivity index (χ4n) is 1.51. The van der Waals surface area contributed by atoms with E-state index in [2.05, 4.69) is 9.97 Å². The normalized spacial score (nSPS) is 11.2. The first-order valence-electron chi connectivity index (χ1n) is 4.76. The summed E-state index contributed by atoms with van der Waals surface area (Å²) in [5.74, 6) is 0.192. The standard InChI is InChI=1S/C11H11ClN2O/c1-6(2)9-4-7-3-8(12)5-13-10(7)14-11(9)15/h3-6H,1-2H3,(H,13,14,15). The molecule has 0 fully saturated rings. The highest BCUT2D eigenvalue weighted by Gasteiger charge is 2.07. The van der Waals surface area contributed by atoms with Gasteiger partial charge < -0.3 is 4.98 Å². The molecule has 0 saturated heterocycles. The van der Waals surface area contributed by atoms with Gasteiger partial charge in [-0.15, -0.1) is 0 Å². The van der Waals surface area contributed by atoms with Gasteiger partial charge in [-0.25, -0.2) is 4.98 Å². The molecular weight excluding hydrogens is 212 g/mol. The highest BCUT2D eigenvalue weighted by molar-refractivity contribution is 6.31. The highest BCUT2D eigenvalue weighted by atomic mass is 35.5. The van der Waals surface area contributed by atoms with Crippen molar-refractivity contribution in [2.24, 2.45) is 0 Å². The Kier molecular flexibility index (Phi) is 2.49. The van der Waals surface area contributed by atoms with Crippen molar-refractivity contribution in [3.8, 4) is 0 Å². The number of aromatic amines is 1. The van der Waals surface area contributed by atoms with E-state index in [0.29, 0.717) is 10.7 Å². The van der Waals surface area contributed by atoms with Crippen LogP contribution in [-0.2, 0) is 0 Å². The van der Waals surface area contributed by atoms with Gasteiger partial charge in [0.15, 0.2) is 0 Å². The number of pyridine rings is 2. The molecule has 78 valence electrons. The molecule has 0 aliphatic rings. The molecule has 0 spiro atoms. The summed E-state index contributed by atoms with van der Waals surface area (Å²) in [5, 5.41) is 1.44. The molecule has 0 saturated carbocycles. The van der Waals surface area contributed by atoms with Crippen LogP contribution in [0.25, 0.3) is 11.0 Å². The Balaban J connectivity index is 2.77. The molecule has 2 rings (SSSR count). The molecule has 2 heterocycles. The van der Waals surface area contributed by atoms with Gasteiger partial charge in [0.2, 0.25) is 0 Å². The fraction of sp³-hybridized carbons (Fsp3) is 0.273. The summed E-state index contributed by atoms with van der Waals surface area (Å²) >= 11 is 5.84. The number of fused-ring (bicyclic) bond motifs is 1. The van der Waals surface area contributed by atoms with Gasteiger partial charge in [-0.3, -0.25) is 4.79 Å². The first-order chi connectivity index (χ1) is 7.08. The molecule has 15 heavy (non-hydrogen) atoms. The Bertz CT molecular complexity index is 560. The number of H-pyrrole nitrogens is 1. The lowest BCUT2D eigenvalue weighted by atomic mass is 10.0. The van der Waals surface area contributed by atoms with Crippen molar-refractivity contribution >= 4 is 22.6 Å². The Morgan fingerprint density at radius 1 is 1.40 bits per heavy atom. The fourth-order valence-corrected chi connectivity index (χ4v) is 1.68. The second kappa shape index (κ2) is 3.66. The Hall–Kier alpha value is -1.35. The van der Waals surface area contributed by atoms with E-state index in [1.807, 2.05) is 19.9 Å². The van der Waals surface area contributed by atoms with Crippen LogP contribution in [0.15, 0.2) is 23.1 Å². The van der Waals surface area contributed by atoms with E-state index in [9.17, 15) is 4.79 Å². The van der Waals surface area contributed by atoms with Crippen molar-refractivity contribution in [2.75, 3.05) is 0 Å². The van der Waals surface area contributed by atoms with Crippen molar-refractivity contribution in [3.05, 3.63) is 39.3 Å². The van der Waals surface area contributed by atoms with Gasteiger partial charge in [-0.1, -0.05) is 25.4 Å². The van der Waals surface area contributed by atoms with Crippen LogP contribution in [0.3, 0.4) is 0 Å². The minimum absolute atomic E-state index is 0.0766. The number of hydrogen-bond acceptors (Lipinski definition) is 2. The highest BCUT2D eigenvalue weighted by Crippen LogP contribution is 2.17. The summed E-state index contributed by atoms with van der Waals surface area (Å²) < 4.78 is 0. The summed E-state index contributed by atoms with van der Waals surface area (Å²) in [6, 6.07) is 3.64. The van der Waals surface area contributed by atoms with Gasteiger partial charge in [0.25, 0.3) is 5.56 Å². The van der Waals surface area contributed by atoms with Gasteiger partial charge >= 0.3 is 0 Å². The topological polar surface area (TPSA) is 45.8 Å². The molecule has 0 aliphatic carbocycles. The minimum Gasteiger partial charge on any atom is -0.306 e. The number of rotatable bonds is 1. The van der Waals surface area contributed by atoms with Crippen molar-refractivity contribution in [3.63, 3.8) is 0 Å². The van der Waals surface area contributed by atoms with Crippen LogP contribution in [-0.4, -0.2) is 9.97 Å². The molecular formula is C11H11ClN2O. The Morgan fingerprint density at radius 2 is 2.13 bits per heavy atom. The molecule has 2 aromatic rings. The average molecular weight is 223 g/mol. The van der Waals surface area contributed by atoms with Crippen LogP contribution in [0.5, 0.6) is 0 Å². The molecule has 1 N–H and O–H groups in total. The molecule has 0 atom stereocenters. The summed E-state index contributed by atoms with van der Waals surface area (Å²) in [6.45, 7) is 3.96. The zero-order valence-electron chi connectivity index (χ0n) is 8.54. The van der Waals surface area contributed by atoms with Gasteiger partial charge in [-0.05, 0) is 18.1 Å². The minimum atomic E-state index is -0.0766. The number of halogens is 1. The van der Waals surface area contributed by atoms with E-state index in [4.69, 9.17) is 11.6 Å². The van der Waals surface area contributed by atoms with Gasteiger partial charge in [0.05, 0.1) is 5.02 Å². The van der Waals surface area contributed by atoms with E-state index in [0.717, 1.165) is 10.9 Å². The molecule has 0 amide bonds. The number of aromatic nitrogens is 2. The second-order valence-corrected chi connectivity index (χ2v) is 4.24. The number of nitrogens with one attached hydrogen (secondary N) is 1. The van der Waals surface area contributed by atoms with E-state index >= 15 is 0 Å². The lowest BCUT2D eigenvalue weighted by Gasteiger charge is -2.05. The molecule has 0 aliphatic heterocycles. The second-order valence-electron chi connectivity index (χ2n) is 3.80.